The second kappa shape index (κ2) is 4.62. The summed E-state index contributed by atoms with van der Waals surface area (Å²) in [5, 5.41) is 12.7. The summed E-state index contributed by atoms with van der Waals surface area (Å²) in [6.45, 7) is 4.19. The molecule has 0 bridgehead atoms. The molecule has 78 valence electrons. The van der Waals surface area contributed by atoms with Crippen LogP contribution >= 0.6 is 11.6 Å². The average molecular weight is 215 g/mol. The normalized spacial score (nSPS) is 11.4. The van der Waals surface area contributed by atoms with Crippen LogP contribution in [0.4, 0.5) is 5.82 Å². The van der Waals surface area contributed by atoms with Gasteiger partial charge in [-0.3, -0.25) is 0 Å². The zero-order chi connectivity index (χ0) is 10.6. The van der Waals surface area contributed by atoms with E-state index in [2.05, 4.69) is 10.3 Å². The third-order valence-electron chi connectivity index (χ3n) is 1.93. The van der Waals surface area contributed by atoms with Gasteiger partial charge in [-0.15, -0.1) is 0 Å². The minimum absolute atomic E-state index is 0.157. The van der Waals surface area contributed by atoms with Crippen LogP contribution in [0.5, 0.6) is 0 Å². The molecule has 0 atom stereocenters. The summed E-state index contributed by atoms with van der Waals surface area (Å²) in [4.78, 5) is 4.12. The highest BCUT2D eigenvalue weighted by Crippen LogP contribution is 2.17. The fraction of sp³-hybridized carbons (Fsp3) is 0.500. The minimum Gasteiger partial charge on any atom is -0.396 e. The van der Waals surface area contributed by atoms with E-state index in [1.165, 1.54) is 0 Å². The van der Waals surface area contributed by atoms with Gasteiger partial charge in [0.25, 0.3) is 0 Å². The predicted octanol–water partition coefficient (Wildman–Crippen LogP) is 2.31. The Morgan fingerprint density at radius 1 is 1.50 bits per heavy atom. The van der Waals surface area contributed by atoms with Gasteiger partial charge >= 0.3 is 0 Å². The first kappa shape index (κ1) is 11.3. The average Bonchev–Trinajstić information content (AvgIpc) is 2.08. The molecule has 1 heterocycles. The zero-order valence-electron chi connectivity index (χ0n) is 8.42. The first-order chi connectivity index (χ1) is 6.53. The molecule has 0 saturated carbocycles. The molecule has 0 unspecified atom stereocenters. The van der Waals surface area contributed by atoms with Gasteiger partial charge in [0.05, 0.1) is 5.02 Å². The van der Waals surface area contributed by atoms with Gasteiger partial charge in [-0.25, -0.2) is 4.98 Å². The standard InChI is InChI=1S/C10H15ClN2O/c1-10(2,5-6-14)13-9-4-3-8(11)7-12-9/h3-4,7,14H,5-6H2,1-2H3,(H,12,13). The molecule has 4 heteroatoms. The molecule has 2 N–H and O–H groups in total. The molecule has 0 aliphatic carbocycles. The SMILES string of the molecule is CC(C)(CCO)Nc1ccc(Cl)cn1. The van der Waals surface area contributed by atoms with Crippen molar-refractivity contribution in [1.29, 1.82) is 0 Å². The van der Waals surface area contributed by atoms with E-state index in [-0.39, 0.29) is 12.1 Å². The Balaban J connectivity index is 2.64. The van der Waals surface area contributed by atoms with E-state index < -0.39 is 0 Å². The predicted molar refractivity (Wildman–Crippen MR) is 58.7 cm³/mol. The van der Waals surface area contributed by atoms with E-state index in [1.807, 2.05) is 19.9 Å². The van der Waals surface area contributed by atoms with Crippen LogP contribution in [0.1, 0.15) is 20.3 Å². The minimum atomic E-state index is -0.157. The molecule has 0 aromatic carbocycles. The Morgan fingerprint density at radius 2 is 2.21 bits per heavy atom. The molecule has 3 nitrogen and oxygen atoms in total. The van der Waals surface area contributed by atoms with Gasteiger partial charge in [-0.2, -0.15) is 0 Å². The Hall–Kier alpha value is -0.800. The molecule has 14 heavy (non-hydrogen) atoms. The number of hydrogen-bond donors (Lipinski definition) is 2. The van der Waals surface area contributed by atoms with Crippen molar-refractivity contribution in [3.63, 3.8) is 0 Å². The van der Waals surface area contributed by atoms with Crippen molar-refractivity contribution >= 4 is 17.4 Å². The van der Waals surface area contributed by atoms with Crippen LogP contribution in [-0.2, 0) is 0 Å². The van der Waals surface area contributed by atoms with E-state index in [1.54, 1.807) is 12.3 Å². The van der Waals surface area contributed by atoms with Crippen LogP contribution in [0.2, 0.25) is 5.02 Å². The summed E-state index contributed by atoms with van der Waals surface area (Å²) >= 11 is 5.71. The fourth-order valence-electron chi connectivity index (χ4n) is 1.14. The van der Waals surface area contributed by atoms with Crippen LogP contribution < -0.4 is 5.32 Å². The van der Waals surface area contributed by atoms with Gasteiger partial charge in [0.1, 0.15) is 5.82 Å². The monoisotopic (exact) mass is 214 g/mol. The van der Waals surface area contributed by atoms with Crippen molar-refractivity contribution < 1.29 is 5.11 Å². The number of nitrogens with zero attached hydrogens (tertiary/aromatic N) is 1. The number of aliphatic hydroxyl groups is 1. The Kier molecular flexibility index (Phi) is 3.72. The number of aliphatic hydroxyl groups excluding tert-OH is 1. The fourth-order valence-corrected chi connectivity index (χ4v) is 1.25. The largest absolute Gasteiger partial charge is 0.396 e. The van der Waals surface area contributed by atoms with E-state index in [0.717, 1.165) is 5.82 Å². The third-order valence-corrected chi connectivity index (χ3v) is 2.15. The van der Waals surface area contributed by atoms with Gasteiger partial charge in [0, 0.05) is 18.3 Å². The lowest BCUT2D eigenvalue weighted by Gasteiger charge is -2.25. The summed E-state index contributed by atoms with van der Waals surface area (Å²) in [5.74, 6) is 0.771. The number of halogens is 1. The van der Waals surface area contributed by atoms with Gasteiger partial charge in [0.2, 0.25) is 0 Å². The lowest BCUT2D eigenvalue weighted by Crippen LogP contribution is -2.32. The quantitative estimate of drug-likeness (QED) is 0.809. The number of pyridine rings is 1. The van der Waals surface area contributed by atoms with Gasteiger partial charge in [-0.1, -0.05) is 11.6 Å². The summed E-state index contributed by atoms with van der Waals surface area (Å²) in [7, 11) is 0. The highest BCUT2D eigenvalue weighted by atomic mass is 35.5. The van der Waals surface area contributed by atoms with Crippen LogP contribution in [0, 0.1) is 0 Å². The molecule has 0 amide bonds. The van der Waals surface area contributed by atoms with Crippen molar-refractivity contribution in [3.05, 3.63) is 23.4 Å². The van der Waals surface area contributed by atoms with Crippen LogP contribution in [0.25, 0.3) is 0 Å². The molecule has 0 aliphatic rings. The van der Waals surface area contributed by atoms with Crippen molar-refractivity contribution in [3.8, 4) is 0 Å². The number of anilines is 1. The van der Waals surface area contributed by atoms with E-state index in [9.17, 15) is 0 Å². The molecular weight excluding hydrogens is 200 g/mol. The van der Waals surface area contributed by atoms with Crippen LogP contribution in [-0.4, -0.2) is 22.2 Å². The molecule has 0 aliphatic heterocycles. The number of hydrogen-bond acceptors (Lipinski definition) is 3. The van der Waals surface area contributed by atoms with E-state index >= 15 is 0 Å². The third kappa shape index (κ3) is 3.52. The van der Waals surface area contributed by atoms with Crippen LogP contribution in [0.3, 0.4) is 0 Å². The smallest absolute Gasteiger partial charge is 0.126 e. The maximum absolute atomic E-state index is 8.84. The van der Waals surface area contributed by atoms with E-state index in [0.29, 0.717) is 11.4 Å². The second-order valence-corrected chi connectivity index (χ2v) is 4.28. The van der Waals surface area contributed by atoms with Crippen molar-refractivity contribution in [2.24, 2.45) is 0 Å². The molecule has 0 saturated heterocycles. The highest BCUT2D eigenvalue weighted by molar-refractivity contribution is 6.30. The lowest BCUT2D eigenvalue weighted by atomic mass is 10.0. The topological polar surface area (TPSA) is 45.1 Å². The summed E-state index contributed by atoms with van der Waals surface area (Å²) in [5.41, 5.74) is -0.157. The highest BCUT2D eigenvalue weighted by Gasteiger charge is 2.16. The number of rotatable bonds is 4. The molecule has 1 aromatic heterocycles. The maximum atomic E-state index is 8.84. The van der Waals surface area contributed by atoms with Gasteiger partial charge in [0.15, 0.2) is 0 Å². The van der Waals surface area contributed by atoms with Crippen molar-refractivity contribution in [2.45, 2.75) is 25.8 Å². The second-order valence-electron chi connectivity index (χ2n) is 3.84. The van der Waals surface area contributed by atoms with Gasteiger partial charge in [-0.05, 0) is 32.4 Å². The Labute approximate surface area is 89.1 Å². The van der Waals surface area contributed by atoms with Crippen molar-refractivity contribution in [1.82, 2.24) is 4.98 Å². The maximum Gasteiger partial charge on any atom is 0.126 e. The number of aromatic nitrogens is 1. The Bertz CT molecular complexity index is 285. The van der Waals surface area contributed by atoms with Gasteiger partial charge < -0.3 is 10.4 Å². The number of nitrogens with one attached hydrogen (secondary N) is 1. The summed E-state index contributed by atoms with van der Waals surface area (Å²) < 4.78 is 0. The zero-order valence-corrected chi connectivity index (χ0v) is 9.17. The molecule has 0 spiro atoms. The molecule has 0 radical (unpaired) electrons. The molecule has 0 fully saturated rings. The summed E-state index contributed by atoms with van der Waals surface area (Å²) in [6.07, 6.45) is 2.27. The van der Waals surface area contributed by atoms with E-state index in [4.69, 9.17) is 16.7 Å². The van der Waals surface area contributed by atoms with Crippen molar-refractivity contribution in [2.75, 3.05) is 11.9 Å². The first-order valence-corrected chi connectivity index (χ1v) is 4.92. The molecule has 1 aromatic rings. The van der Waals surface area contributed by atoms with Crippen LogP contribution in [0.15, 0.2) is 18.3 Å². The molecular formula is C10H15ClN2O. The first-order valence-electron chi connectivity index (χ1n) is 4.54. The summed E-state index contributed by atoms with van der Waals surface area (Å²) in [6, 6.07) is 3.60. The Morgan fingerprint density at radius 3 is 2.71 bits per heavy atom. The lowest BCUT2D eigenvalue weighted by molar-refractivity contribution is 0.260. The molecule has 1 rings (SSSR count).